The van der Waals surface area contributed by atoms with Gasteiger partial charge >= 0.3 is 0 Å². The molecule has 1 aromatic carbocycles. The van der Waals surface area contributed by atoms with Crippen molar-refractivity contribution in [2.24, 2.45) is 0 Å². The lowest BCUT2D eigenvalue weighted by molar-refractivity contribution is 1.19. The molecular weight excluding hydrogens is 227 g/mol. The highest BCUT2D eigenvalue weighted by Gasteiger charge is 1.94. The number of hydrazine groups is 1. The van der Waals surface area contributed by atoms with Crippen LogP contribution in [0.2, 0.25) is 0 Å². The molecule has 0 bridgehead atoms. The maximum Gasteiger partial charge on any atom is 0.0503 e. The van der Waals surface area contributed by atoms with E-state index < -0.39 is 0 Å². The minimum Gasteiger partial charge on any atom is -0.308 e. The third-order valence-corrected chi connectivity index (χ3v) is 2.33. The van der Waals surface area contributed by atoms with Crippen molar-refractivity contribution >= 4 is 33.4 Å². The number of benzene rings is 1. The summed E-state index contributed by atoms with van der Waals surface area (Å²) in [5, 5.41) is 0. The lowest BCUT2D eigenvalue weighted by Crippen LogP contribution is -2.08. The Morgan fingerprint density at radius 3 is 2.73 bits per heavy atom. The first-order valence-electron chi connectivity index (χ1n) is 3.12. The maximum atomic E-state index is 5.26. The molecule has 0 aliphatic carbocycles. The Morgan fingerprint density at radius 1 is 1.45 bits per heavy atom. The smallest absolute Gasteiger partial charge is 0.0503 e. The summed E-state index contributed by atoms with van der Waals surface area (Å²) in [6.45, 7) is 2.02. The Hall–Kier alpha value is -0.250. The first-order valence-corrected chi connectivity index (χ1v) is 4.29. The predicted molar refractivity (Wildman–Crippen MR) is 51.5 cm³/mol. The summed E-state index contributed by atoms with van der Waals surface area (Å²) in [7, 11) is 0. The molecule has 0 unspecified atom stereocenters. The molecule has 1 aromatic rings. The minimum atomic E-state index is 0.945. The minimum absolute atomic E-state index is 0.945. The second-order valence-electron chi connectivity index (χ2n) is 2.18. The van der Waals surface area contributed by atoms with Gasteiger partial charge < -0.3 is 5.43 Å². The molecule has 0 spiro atoms. The van der Waals surface area contributed by atoms with Crippen LogP contribution in [0.5, 0.6) is 0 Å². The van der Waals surface area contributed by atoms with Crippen molar-refractivity contribution in [2.75, 3.05) is 5.43 Å². The van der Waals surface area contributed by atoms with E-state index in [4.69, 9.17) is 11.8 Å². The fraction of sp³-hybridized carbons (Fsp3) is 0.143. The van der Waals surface area contributed by atoms with Crippen LogP contribution < -0.4 is 10.4 Å². The van der Waals surface area contributed by atoms with Crippen molar-refractivity contribution in [1.29, 1.82) is 0 Å². The standard InChI is InChI=1S/C7H8BrClN2/c1-5-4-6(10-11-9)2-3-7(5)8/h2-4,10-11H,1H3. The summed E-state index contributed by atoms with van der Waals surface area (Å²) in [4.78, 5) is 2.34. The molecule has 0 aliphatic heterocycles. The highest BCUT2D eigenvalue weighted by molar-refractivity contribution is 9.10. The van der Waals surface area contributed by atoms with Crippen LogP contribution >= 0.6 is 27.7 Å². The summed E-state index contributed by atoms with van der Waals surface area (Å²) in [6, 6.07) is 5.87. The Labute approximate surface area is 79.1 Å². The molecule has 1 rings (SSSR count). The number of aryl methyl sites for hydroxylation is 1. The van der Waals surface area contributed by atoms with Gasteiger partial charge in [-0.15, -0.1) is 4.94 Å². The van der Waals surface area contributed by atoms with Gasteiger partial charge in [0.05, 0.1) is 5.69 Å². The Kier molecular flexibility index (Phi) is 3.17. The number of hydrogen-bond donors (Lipinski definition) is 2. The van der Waals surface area contributed by atoms with E-state index in [1.54, 1.807) is 0 Å². The lowest BCUT2D eigenvalue weighted by Gasteiger charge is -2.04. The molecule has 0 atom stereocenters. The van der Waals surface area contributed by atoms with Crippen LogP contribution in [0.1, 0.15) is 5.56 Å². The average molecular weight is 236 g/mol. The van der Waals surface area contributed by atoms with Crippen molar-refractivity contribution in [1.82, 2.24) is 4.94 Å². The van der Waals surface area contributed by atoms with E-state index in [0.29, 0.717) is 0 Å². The molecule has 0 aromatic heterocycles. The van der Waals surface area contributed by atoms with Gasteiger partial charge in [-0.25, -0.2) is 0 Å². The van der Waals surface area contributed by atoms with Gasteiger partial charge in [-0.2, -0.15) is 0 Å². The van der Waals surface area contributed by atoms with Crippen LogP contribution in [0.3, 0.4) is 0 Å². The maximum absolute atomic E-state index is 5.26. The van der Waals surface area contributed by atoms with Gasteiger partial charge in [-0.05, 0) is 42.5 Å². The zero-order chi connectivity index (χ0) is 8.27. The van der Waals surface area contributed by atoms with Crippen molar-refractivity contribution in [3.8, 4) is 0 Å². The van der Waals surface area contributed by atoms with E-state index in [1.165, 1.54) is 5.56 Å². The van der Waals surface area contributed by atoms with Crippen LogP contribution in [-0.4, -0.2) is 0 Å². The molecule has 2 N–H and O–H groups in total. The van der Waals surface area contributed by atoms with Crippen LogP contribution in [0.15, 0.2) is 22.7 Å². The Balaban J connectivity index is 2.86. The van der Waals surface area contributed by atoms with E-state index in [9.17, 15) is 0 Å². The zero-order valence-corrected chi connectivity index (χ0v) is 8.33. The Morgan fingerprint density at radius 2 is 2.18 bits per heavy atom. The van der Waals surface area contributed by atoms with Gasteiger partial charge in [0.15, 0.2) is 0 Å². The van der Waals surface area contributed by atoms with Gasteiger partial charge in [0.1, 0.15) is 0 Å². The number of hydrogen-bond acceptors (Lipinski definition) is 2. The van der Waals surface area contributed by atoms with Crippen molar-refractivity contribution in [3.63, 3.8) is 0 Å². The van der Waals surface area contributed by atoms with E-state index in [0.717, 1.165) is 10.2 Å². The van der Waals surface area contributed by atoms with Crippen LogP contribution in [0.25, 0.3) is 0 Å². The second kappa shape index (κ2) is 3.95. The van der Waals surface area contributed by atoms with Crippen LogP contribution in [0, 0.1) is 6.92 Å². The summed E-state index contributed by atoms with van der Waals surface area (Å²) in [5.41, 5.74) is 4.88. The van der Waals surface area contributed by atoms with Crippen molar-refractivity contribution in [2.45, 2.75) is 6.92 Å². The first kappa shape index (κ1) is 8.84. The normalized spacial score (nSPS) is 9.73. The third kappa shape index (κ3) is 2.36. The van der Waals surface area contributed by atoms with Gasteiger partial charge in [0, 0.05) is 4.47 Å². The molecule has 4 heteroatoms. The van der Waals surface area contributed by atoms with Gasteiger partial charge in [0.25, 0.3) is 0 Å². The fourth-order valence-corrected chi connectivity index (χ4v) is 1.13. The zero-order valence-electron chi connectivity index (χ0n) is 5.99. The summed E-state index contributed by atoms with van der Waals surface area (Å²) in [6.07, 6.45) is 0. The average Bonchev–Trinajstić information content (AvgIpc) is 1.98. The monoisotopic (exact) mass is 234 g/mol. The Bertz CT molecular complexity index is 252. The number of rotatable bonds is 2. The van der Waals surface area contributed by atoms with Crippen molar-refractivity contribution < 1.29 is 0 Å². The first-order chi connectivity index (χ1) is 5.24. The SMILES string of the molecule is Cc1cc(NNCl)ccc1Br. The largest absolute Gasteiger partial charge is 0.308 e. The molecule has 0 heterocycles. The van der Waals surface area contributed by atoms with Crippen LogP contribution in [0.4, 0.5) is 5.69 Å². The highest BCUT2D eigenvalue weighted by atomic mass is 79.9. The molecular formula is C7H8BrClN2. The van der Waals surface area contributed by atoms with Crippen LogP contribution in [-0.2, 0) is 0 Å². The molecule has 2 nitrogen and oxygen atoms in total. The van der Waals surface area contributed by atoms with E-state index >= 15 is 0 Å². The summed E-state index contributed by atoms with van der Waals surface area (Å²) < 4.78 is 1.10. The topological polar surface area (TPSA) is 24.1 Å². The van der Waals surface area contributed by atoms with E-state index in [2.05, 4.69) is 26.3 Å². The third-order valence-electron chi connectivity index (χ3n) is 1.35. The molecule has 0 saturated carbocycles. The quantitative estimate of drug-likeness (QED) is 0.608. The molecule has 0 amide bonds. The van der Waals surface area contributed by atoms with Gasteiger partial charge in [0.2, 0.25) is 0 Å². The molecule has 11 heavy (non-hydrogen) atoms. The fourth-order valence-electron chi connectivity index (χ4n) is 0.777. The predicted octanol–water partition coefficient (Wildman–Crippen LogP) is 2.83. The number of anilines is 1. The van der Waals surface area contributed by atoms with E-state index in [1.807, 2.05) is 25.1 Å². The van der Waals surface area contributed by atoms with Gasteiger partial charge in [-0.1, -0.05) is 15.9 Å². The number of nitrogens with one attached hydrogen (secondary N) is 2. The molecule has 0 fully saturated rings. The second-order valence-corrected chi connectivity index (χ2v) is 3.23. The molecule has 0 aliphatic rings. The summed E-state index contributed by atoms with van der Waals surface area (Å²) >= 11 is 8.65. The van der Waals surface area contributed by atoms with E-state index in [-0.39, 0.29) is 0 Å². The number of halogens is 2. The lowest BCUT2D eigenvalue weighted by atomic mass is 10.2. The molecule has 0 radical (unpaired) electrons. The van der Waals surface area contributed by atoms with Crippen molar-refractivity contribution in [3.05, 3.63) is 28.2 Å². The molecule has 0 saturated heterocycles. The highest BCUT2D eigenvalue weighted by Crippen LogP contribution is 2.19. The molecule has 60 valence electrons. The summed E-state index contributed by atoms with van der Waals surface area (Å²) in [5.74, 6) is 0. The van der Waals surface area contributed by atoms with Gasteiger partial charge in [-0.3, -0.25) is 0 Å².